The minimum atomic E-state index is -0.427. The fraction of sp³-hybridized carbons (Fsp3) is 0.500. The van der Waals surface area contributed by atoms with Gasteiger partial charge in [0.25, 0.3) is 0 Å². The van der Waals surface area contributed by atoms with E-state index in [2.05, 4.69) is 11.6 Å². The SMILES string of the molecule is C=C(B1OC(C)(C)C(C)(C)O1)c1cc(C)ccn1. The largest absolute Gasteiger partial charge is 0.496 e. The van der Waals surface area contributed by atoms with E-state index >= 15 is 0 Å². The molecule has 0 atom stereocenters. The fourth-order valence-corrected chi connectivity index (χ4v) is 1.82. The quantitative estimate of drug-likeness (QED) is 0.750. The van der Waals surface area contributed by atoms with E-state index in [1.807, 2.05) is 46.8 Å². The molecule has 1 aromatic heterocycles. The summed E-state index contributed by atoms with van der Waals surface area (Å²) >= 11 is 0. The molecule has 1 fully saturated rings. The summed E-state index contributed by atoms with van der Waals surface area (Å²) in [6, 6.07) is 3.95. The molecule has 0 aromatic carbocycles. The third-order valence-corrected chi connectivity index (χ3v) is 3.78. The molecule has 0 radical (unpaired) electrons. The summed E-state index contributed by atoms with van der Waals surface area (Å²) in [6.45, 7) is 14.2. The first-order valence-electron chi connectivity index (χ1n) is 6.20. The Hall–Kier alpha value is -1.13. The van der Waals surface area contributed by atoms with E-state index in [1.54, 1.807) is 6.20 Å². The van der Waals surface area contributed by atoms with Crippen molar-refractivity contribution in [1.29, 1.82) is 0 Å². The highest BCUT2D eigenvalue weighted by Gasteiger charge is 2.52. The van der Waals surface area contributed by atoms with Crippen LogP contribution >= 0.6 is 0 Å². The van der Waals surface area contributed by atoms with Gasteiger partial charge in [0.05, 0.1) is 16.9 Å². The molecule has 0 bridgehead atoms. The van der Waals surface area contributed by atoms with Crippen LogP contribution in [-0.4, -0.2) is 23.3 Å². The van der Waals surface area contributed by atoms with E-state index in [-0.39, 0.29) is 11.2 Å². The highest BCUT2D eigenvalue weighted by atomic mass is 16.7. The van der Waals surface area contributed by atoms with Crippen molar-refractivity contribution in [2.24, 2.45) is 0 Å². The number of hydrogen-bond donors (Lipinski definition) is 0. The van der Waals surface area contributed by atoms with Crippen LogP contribution in [0.1, 0.15) is 39.0 Å². The first kappa shape index (κ1) is 13.3. The Kier molecular flexibility index (Phi) is 3.12. The summed E-state index contributed by atoms with van der Waals surface area (Å²) in [5.74, 6) is 0. The molecule has 2 rings (SSSR count). The Balaban J connectivity index is 2.23. The van der Waals surface area contributed by atoms with Gasteiger partial charge in [-0.1, -0.05) is 6.58 Å². The third kappa shape index (κ3) is 2.23. The highest BCUT2D eigenvalue weighted by Crippen LogP contribution is 2.39. The Morgan fingerprint density at radius 1 is 1.22 bits per heavy atom. The van der Waals surface area contributed by atoms with Gasteiger partial charge in [-0.05, 0) is 52.3 Å². The molecular weight excluding hydrogens is 225 g/mol. The fourth-order valence-electron chi connectivity index (χ4n) is 1.82. The highest BCUT2D eigenvalue weighted by molar-refractivity contribution is 6.68. The van der Waals surface area contributed by atoms with Crippen LogP contribution < -0.4 is 0 Å². The molecule has 3 nitrogen and oxygen atoms in total. The lowest BCUT2D eigenvalue weighted by atomic mass is 9.77. The smallest absolute Gasteiger partial charge is 0.399 e. The maximum absolute atomic E-state index is 5.96. The first-order valence-corrected chi connectivity index (χ1v) is 6.20. The van der Waals surface area contributed by atoms with Crippen LogP contribution in [0.4, 0.5) is 0 Å². The van der Waals surface area contributed by atoms with Crippen molar-refractivity contribution in [3.8, 4) is 0 Å². The molecule has 0 spiro atoms. The van der Waals surface area contributed by atoms with Gasteiger partial charge in [0.1, 0.15) is 0 Å². The van der Waals surface area contributed by atoms with Crippen molar-refractivity contribution in [3.05, 3.63) is 36.2 Å². The van der Waals surface area contributed by atoms with Gasteiger partial charge in [0.15, 0.2) is 0 Å². The Bertz CT molecular complexity index is 466. The van der Waals surface area contributed by atoms with E-state index in [1.165, 1.54) is 0 Å². The van der Waals surface area contributed by atoms with Gasteiger partial charge >= 0.3 is 7.12 Å². The molecule has 0 amide bonds. The van der Waals surface area contributed by atoms with Crippen molar-refractivity contribution in [1.82, 2.24) is 4.98 Å². The van der Waals surface area contributed by atoms with Gasteiger partial charge in [0, 0.05) is 11.7 Å². The monoisotopic (exact) mass is 245 g/mol. The van der Waals surface area contributed by atoms with Crippen molar-refractivity contribution < 1.29 is 9.31 Å². The average molecular weight is 245 g/mol. The van der Waals surface area contributed by atoms with Crippen LogP contribution in [0.25, 0.3) is 5.47 Å². The molecule has 4 heteroatoms. The zero-order valence-corrected chi connectivity index (χ0v) is 11.8. The predicted octanol–water partition coefficient (Wildman–Crippen LogP) is 3.03. The molecule has 0 N–H and O–H groups in total. The first-order chi connectivity index (χ1) is 8.23. The van der Waals surface area contributed by atoms with Crippen LogP contribution in [0.5, 0.6) is 0 Å². The summed E-state index contributed by atoms with van der Waals surface area (Å²) in [5, 5.41) is 0. The molecule has 2 heterocycles. The molecule has 1 saturated heterocycles. The number of aromatic nitrogens is 1. The summed E-state index contributed by atoms with van der Waals surface area (Å²) in [7, 11) is -0.427. The maximum Gasteiger partial charge on any atom is 0.496 e. The number of pyridine rings is 1. The zero-order chi connectivity index (χ0) is 13.6. The number of rotatable bonds is 2. The zero-order valence-electron chi connectivity index (χ0n) is 11.8. The Labute approximate surface area is 109 Å². The van der Waals surface area contributed by atoms with Gasteiger partial charge in [0.2, 0.25) is 0 Å². The van der Waals surface area contributed by atoms with E-state index in [9.17, 15) is 0 Å². The van der Waals surface area contributed by atoms with Gasteiger partial charge < -0.3 is 9.31 Å². The minimum absolute atomic E-state index is 0.343. The van der Waals surface area contributed by atoms with Crippen LogP contribution in [0.15, 0.2) is 24.9 Å². The topological polar surface area (TPSA) is 31.4 Å². The third-order valence-electron chi connectivity index (χ3n) is 3.78. The molecular formula is C14H20BNO2. The Morgan fingerprint density at radius 3 is 2.28 bits per heavy atom. The van der Waals surface area contributed by atoms with E-state index in [4.69, 9.17) is 9.31 Å². The second-order valence-corrected chi connectivity index (χ2v) is 5.83. The molecule has 1 aromatic rings. The van der Waals surface area contributed by atoms with Crippen molar-refractivity contribution in [2.75, 3.05) is 0 Å². The second-order valence-electron chi connectivity index (χ2n) is 5.83. The lowest BCUT2D eigenvalue weighted by molar-refractivity contribution is 0.00578. The van der Waals surface area contributed by atoms with Crippen molar-refractivity contribution >= 4 is 12.6 Å². The molecule has 1 aliphatic rings. The van der Waals surface area contributed by atoms with Gasteiger partial charge in [-0.3, -0.25) is 4.98 Å². The predicted molar refractivity (Wildman–Crippen MR) is 74.1 cm³/mol. The summed E-state index contributed by atoms with van der Waals surface area (Å²) in [4.78, 5) is 4.32. The molecule has 96 valence electrons. The van der Waals surface area contributed by atoms with E-state index in [0.29, 0.717) is 0 Å². The lowest BCUT2D eigenvalue weighted by Crippen LogP contribution is -2.41. The summed E-state index contributed by atoms with van der Waals surface area (Å²) < 4.78 is 11.9. The molecule has 0 unspecified atom stereocenters. The summed E-state index contributed by atoms with van der Waals surface area (Å²) in [5.41, 5.74) is 2.07. The normalized spacial score (nSPS) is 21.1. The van der Waals surface area contributed by atoms with Crippen LogP contribution in [0, 0.1) is 6.92 Å². The van der Waals surface area contributed by atoms with Crippen LogP contribution in [0.2, 0.25) is 0 Å². The molecule has 18 heavy (non-hydrogen) atoms. The van der Waals surface area contributed by atoms with Gasteiger partial charge in [-0.2, -0.15) is 0 Å². The van der Waals surface area contributed by atoms with Crippen molar-refractivity contribution in [2.45, 2.75) is 45.8 Å². The second kappa shape index (κ2) is 4.21. The average Bonchev–Trinajstić information content (AvgIpc) is 2.47. The van der Waals surface area contributed by atoms with Gasteiger partial charge in [-0.15, -0.1) is 0 Å². The number of nitrogens with zero attached hydrogens (tertiary/aromatic N) is 1. The number of hydrogen-bond acceptors (Lipinski definition) is 3. The number of aryl methyl sites for hydroxylation is 1. The van der Waals surface area contributed by atoms with Gasteiger partial charge in [-0.25, -0.2) is 0 Å². The standard InChI is InChI=1S/C14H20BNO2/c1-10-7-8-16-12(9-10)11(2)15-17-13(3,4)14(5,6)18-15/h7-9H,2H2,1,3-6H3. The minimum Gasteiger partial charge on any atom is -0.399 e. The molecule has 0 aliphatic carbocycles. The van der Waals surface area contributed by atoms with Crippen LogP contribution in [0.3, 0.4) is 0 Å². The van der Waals surface area contributed by atoms with Crippen molar-refractivity contribution in [3.63, 3.8) is 0 Å². The van der Waals surface area contributed by atoms with E-state index in [0.717, 1.165) is 16.7 Å². The summed E-state index contributed by atoms with van der Waals surface area (Å²) in [6.07, 6.45) is 1.78. The van der Waals surface area contributed by atoms with Crippen LogP contribution in [-0.2, 0) is 9.31 Å². The maximum atomic E-state index is 5.96. The molecule has 0 saturated carbocycles. The Morgan fingerprint density at radius 2 is 1.78 bits per heavy atom. The molecule has 1 aliphatic heterocycles. The lowest BCUT2D eigenvalue weighted by Gasteiger charge is -2.32. The van der Waals surface area contributed by atoms with E-state index < -0.39 is 7.12 Å².